The van der Waals surface area contributed by atoms with Crippen molar-refractivity contribution in [2.75, 3.05) is 24.4 Å². The Balaban J connectivity index is 2.43. The Hall–Kier alpha value is -0.370. The second-order valence-corrected chi connectivity index (χ2v) is 11.6. The first-order chi connectivity index (χ1) is 11.0. The highest BCUT2D eigenvalue weighted by Gasteiger charge is 2.54. The Labute approximate surface area is 143 Å². The molecule has 3 unspecified atom stereocenters. The van der Waals surface area contributed by atoms with Crippen molar-refractivity contribution in [2.24, 2.45) is 0 Å². The molecule has 0 fully saturated rings. The van der Waals surface area contributed by atoms with Crippen LogP contribution in [0.5, 0.6) is 5.75 Å². The Morgan fingerprint density at radius 1 is 1.17 bits per heavy atom. The zero-order valence-electron chi connectivity index (χ0n) is 13.1. The van der Waals surface area contributed by atoms with E-state index in [-0.39, 0.29) is 5.75 Å². The van der Waals surface area contributed by atoms with Gasteiger partial charge in [-0.25, -0.2) is 0 Å². The van der Waals surface area contributed by atoms with E-state index in [0.717, 1.165) is 5.75 Å². The molecular weight excluding hydrogens is 378 g/mol. The minimum Gasteiger partial charge on any atom is -0.776 e. The summed E-state index contributed by atoms with van der Waals surface area (Å²) in [5, 5.41) is 6.32. The maximum Gasteiger partial charge on any atom is 0.365 e. The van der Waals surface area contributed by atoms with Gasteiger partial charge in [-0.2, -0.15) is 0 Å². The molecule has 0 aromatic heterocycles. The second-order valence-electron chi connectivity index (χ2n) is 5.29. The number of ether oxygens (including phenoxy) is 1. The van der Waals surface area contributed by atoms with E-state index in [1.54, 1.807) is 6.26 Å². The van der Waals surface area contributed by atoms with Gasteiger partial charge in [-0.3, -0.25) is 4.57 Å². The van der Waals surface area contributed by atoms with Gasteiger partial charge in [-0.05, 0) is 23.0 Å². The molecule has 0 saturated heterocycles. The van der Waals surface area contributed by atoms with Crippen LogP contribution < -0.4 is 9.63 Å². The summed E-state index contributed by atoms with van der Waals surface area (Å²) in [5.41, 5.74) is 0. The van der Waals surface area contributed by atoms with Gasteiger partial charge in [-0.1, -0.05) is 18.2 Å². The summed E-state index contributed by atoms with van der Waals surface area (Å²) < 4.78 is 27.9. The topological polar surface area (TPSA) is 147 Å². The zero-order chi connectivity index (χ0) is 18.4. The van der Waals surface area contributed by atoms with Crippen LogP contribution >= 0.6 is 15.2 Å². The molecule has 0 aliphatic rings. The molecule has 8 nitrogen and oxygen atoms in total. The quantitative estimate of drug-likeness (QED) is 0.252. The molecule has 0 heterocycles. The molecule has 1 aromatic rings. The third-order valence-electron chi connectivity index (χ3n) is 3.35. The normalized spacial score (nSPS) is 18.4. The van der Waals surface area contributed by atoms with E-state index >= 15 is 0 Å². The maximum absolute atomic E-state index is 11.2. The molecule has 0 saturated carbocycles. The van der Waals surface area contributed by atoms with Crippen LogP contribution in [-0.4, -0.2) is 49.2 Å². The molecule has 0 radical (unpaired) electrons. The van der Waals surface area contributed by atoms with Gasteiger partial charge in [0.05, 0.1) is 12.9 Å². The molecule has 4 N–H and O–H groups in total. The number of rotatable bonds is 10. The van der Waals surface area contributed by atoms with E-state index in [4.69, 9.17) is 19.4 Å². The molecule has 1 rings (SSSR count). The number of aliphatic hydroxyl groups is 1. The monoisotopic (exact) mass is 400 g/mol. The average Bonchev–Trinajstić information content (AvgIpc) is 2.48. The van der Waals surface area contributed by atoms with Crippen molar-refractivity contribution in [1.82, 2.24) is 0 Å². The summed E-state index contributed by atoms with van der Waals surface area (Å²) in [6, 6.07) is 9.20. The van der Waals surface area contributed by atoms with Gasteiger partial charge in [0.1, 0.15) is 17.3 Å². The van der Waals surface area contributed by atoms with E-state index < -0.39 is 37.6 Å². The van der Waals surface area contributed by atoms with Gasteiger partial charge in [0, 0.05) is 12.8 Å². The number of benzene rings is 1. The minimum atomic E-state index is -5.62. The van der Waals surface area contributed by atoms with Crippen molar-refractivity contribution in [3.05, 3.63) is 30.3 Å². The van der Waals surface area contributed by atoms with E-state index in [2.05, 4.69) is 0 Å². The van der Waals surface area contributed by atoms with Crippen LogP contribution in [0.3, 0.4) is 0 Å². The van der Waals surface area contributed by atoms with Crippen molar-refractivity contribution in [3.8, 4) is 5.75 Å². The van der Waals surface area contributed by atoms with Gasteiger partial charge in [0.25, 0.3) is 0 Å². The van der Waals surface area contributed by atoms with Crippen LogP contribution in [0.25, 0.3) is 0 Å². The van der Waals surface area contributed by atoms with Crippen molar-refractivity contribution in [2.45, 2.75) is 17.9 Å². The molecule has 0 aliphatic carbocycles. The van der Waals surface area contributed by atoms with Crippen molar-refractivity contribution >= 4 is 26.1 Å². The van der Waals surface area contributed by atoms with E-state index in [1.165, 1.54) is 0 Å². The van der Waals surface area contributed by atoms with Crippen molar-refractivity contribution in [3.63, 3.8) is 0 Å². The van der Waals surface area contributed by atoms with Gasteiger partial charge < -0.3 is 34.0 Å². The van der Waals surface area contributed by atoms with E-state index in [0.29, 0.717) is 18.8 Å². The number of hydrogen-bond acceptors (Lipinski definition) is 5. The van der Waals surface area contributed by atoms with Crippen LogP contribution in [-0.2, 0) is 20.0 Å². The van der Waals surface area contributed by atoms with E-state index in [9.17, 15) is 19.1 Å². The summed E-state index contributed by atoms with van der Waals surface area (Å²) in [5.74, 6) is 1.43. The Morgan fingerprint density at radius 3 is 2.25 bits per heavy atom. The fourth-order valence-electron chi connectivity index (χ4n) is 1.88. The minimum absolute atomic E-state index is 0.0553. The van der Waals surface area contributed by atoms with Gasteiger partial charge in [0.15, 0.2) is 7.60 Å². The largest absolute Gasteiger partial charge is 0.776 e. The zero-order valence-corrected chi connectivity index (χ0v) is 15.8. The second kappa shape index (κ2) is 8.83. The molecular formula is C13H22O8P2S. The molecule has 24 heavy (non-hydrogen) atoms. The SMILES string of the molecule is C[S+](CCCOc1ccccc1)CCC(O)(P(=O)([O-])O)P(=O)(O)O. The summed E-state index contributed by atoms with van der Waals surface area (Å²) in [4.78, 5) is 38.2. The van der Waals surface area contributed by atoms with E-state index in [1.807, 2.05) is 30.3 Å². The molecule has 0 aliphatic heterocycles. The third-order valence-corrected chi connectivity index (χ3v) is 9.07. The highest BCUT2D eigenvalue weighted by atomic mass is 32.2. The third kappa shape index (κ3) is 6.17. The van der Waals surface area contributed by atoms with Gasteiger partial charge >= 0.3 is 7.60 Å². The average molecular weight is 400 g/mol. The predicted octanol–water partition coefficient (Wildman–Crippen LogP) is 0.463. The number of para-hydroxylation sites is 1. The van der Waals surface area contributed by atoms with Crippen molar-refractivity contribution < 1.29 is 38.5 Å². The first-order valence-electron chi connectivity index (χ1n) is 7.06. The highest BCUT2D eigenvalue weighted by molar-refractivity contribution is 7.96. The molecule has 3 atom stereocenters. The number of hydrogen-bond donors (Lipinski definition) is 4. The van der Waals surface area contributed by atoms with Crippen LogP contribution in [0.15, 0.2) is 30.3 Å². The molecule has 0 amide bonds. The fraction of sp³-hybridized carbons (Fsp3) is 0.538. The summed E-state index contributed by atoms with van der Waals surface area (Å²) >= 11 is 0. The standard InChI is InChI=1S/C13H22O8P2S/c1-24(10-5-9-21-12-6-3-2-4-7-12)11-8-13(14,22(15,16)17)23(18,19)20/h2-4,6-7,14H,5,8-11H2,1H3,(H3-,15,16,17,18,19,20). The molecule has 1 aromatic carbocycles. The van der Waals surface area contributed by atoms with Gasteiger partial charge in [-0.15, -0.1) is 0 Å². The molecule has 11 heteroatoms. The first-order valence-corrected chi connectivity index (χ1v) is 12.2. The van der Waals surface area contributed by atoms with Crippen LogP contribution in [0.4, 0.5) is 0 Å². The highest BCUT2D eigenvalue weighted by Crippen LogP contribution is 2.67. The Bertz CT molecular complexity index is 577. The molecule has 138 valence electrons. The first kappa shape index (κ1) is 21.7. The summed E-state index contributed by atoms with van der Waals surface area (Å²) in [6.07, 6.45) is 1.72. The predicted molar refractivity (Wildman–Crippen MR) is 91.0 cm³/mol. The van der Waals surface area contributed by atoms with Crippen LogP contribution in [0.2, 0.25) is 0 Å². The molecule has 0 bridgehead atoms. The Kier molecular flexibility index (Phi) is 7.97. The lowest BCUT2D eigenvalue weighted by molar-refractivity contribution is -0.206. The van der Waals surface area contributed by atoms with Crippen molar-refractivity contribution in [1.29, 1.82) is 0 Å². The lowest BCUT2D eigenvalue weighted by Crippen LogP contribution is -2.35. The van der Waals surface area contributed by atoms with Crippen LogP contribution in [0.1, 0.15) is 12.8 Å². The molecule has 0 spiro atoms. The van der Waals surface area contributed by atoms with Crippen LogP contribution in [0, 0.1) is 0 Å². The summed E-state index contributed by atoms with van der Waals surface area (Å²) in [6.45, 7) is 0.449. The lowest BCUT2D eigenvalue weighted by atomic mass is 10.3. The van der Waals surface area contributed by atoms with Gasteiger partial charge in [0.2, 0.25) is 5.08 Å². The lowest BCUT2D eigenvalue weighted by Gasteiger charge is -2.35. The maximum atomic E-state index is 11.2. The summed E-state index contributed by atoms with van der Waals surface area (Å²) in [7, 11) is -11.4. The Morgan fingerprint density at radius 2 is 1.75 bits per heavy atom. The fourth-order valence-corrected chi connectivity index (χ4v) is 5.75. The smallest absolute Gasteiger partial charge is 0.365 e.